The van der Waals surface area contributed by atoms with E-state index in [0.717, 1.165) is 13.0 Å². The van der Waals surface area contributed by atoms with Crippen molar-refractivity contribution in [1.29, 1.82) is 0 Å². The molecule has 0 spiro atoms. The molecule has 1 saturated heterocycles. The highest BCUT2D eigenvalue weighted by molar-refractivity contribution is 5.95. The van der Waals surface area contributed by atoms with E-state index in [0.29, 0.717) is 0 Å². The lowest BCUT2D eigenvalue weighted by molar-refractivity contribution is -0.272. The second kappa shape index (κ2) is 10.1. The number of amides is 1. The van der Waals surface area contributed by atoms with Crippen molar-refractivity contribution in [1.82, 2.24) is 4.98 Å². The summed E-state index contributed by atoms with van der Waals surface area (Å²) in [5.74, 6) is -3.68. The van der Waals surface area contributed by atoms with Crippen LogP contribution >= 0.6 is 0 Å². The normalized spacial score (nSPS) is 25.4. The van der Waals surface area contributed by atoms with Gasteiger partial charge in [0.1, 0.15) is 23.8 Å². The molecule has 0 bridgehead atoms. The number of benzene rings is 1. The largest absolute Gasteiger partial charge is 0.493 e. The molecule has 1 aliphatic heterocycles. The second-order valence-corrected chi connectivity index (χ2v) is 8.64. The molecule has 11 heteroatoms. The Labute approximate surface area is 200 Å². The maximum absolute atomic E-state index is 14.3. The fourth-order valence-corrected chi connectivity index (χ4v) is 4.29. The van der Waals surface area contributed by atoms with Crippen LogP contribution in [0.4, 0.5) is 23.2 Å². The number of carbonyl (C=O) groups excluding carboxylic acids is 1. The van der Waals surface area contributed by atoms with Crippen molar-refractivity contribution in [3.63, 3.8) is 0 Å². The van der Waals surface area contributed by atoms with Crippen LogP contribution in [0.15, 0.2) is 30.5 Å². The van der Waals surface area contributed by atoms with Crippen molar-refractivity contribution >= 4 is 11.6 Å². The Balaban J connectivity index is 2.02. The summed E-state index contributed by atoms with van der Waals surface area (Å²) in [6, 6.07) is 5.21. The number of pyridine rings is 1. The third-order valence-corrected chi connectivity index (χ3v) is 6.51. The molecule has 5 atom stereocenters. The Hall–Kier alpha value is -2.76. The number of aliphatic hydroxyl groups is 2. The smallest absolute Gasteiger partial charge is 0.417 e. The molecule has 1 aromatic heterocycles. The standard InChI is InChI=1S/C24H28F4N2O5/c1-5-34-20-12(2)16(25)8-7-15(20)19-13(3)23(4,24(26,27)28)35-21(19)22(33)30-14-6-9-17(29-10-14)18(32)11-31/h6-10,13,18-19,21,31-32H,5,11H2,1-4H3,(H,30,33)/t13-,18+,19-,21+,23+/m1/s1. The van der Waals surface area contributed by atoms with Crippen molar-refractivity contribution < 1.29 is 42.0 Å². The molecule has 1 fully saturated rings. The number of aliphatic hydroxyl groups excluding tert-OH is 2. The number of alkyl halides is 3. The zero-order chi connectivity index (χ0) is 26.1. The van der Waals surface area contributed by atoms with Gasteiger partial charge in [0, 0.05) is 23.0 Å². The molecule has 0 unspecified atom stereocenters. The van der Waals surface area contributed by atoms with Crippen LogP contribution in [0.25, 0.3) is 0 Å². The van der Waals surface area contributed by atoms with Crippen LogP contribution in [0.5, 0.6) is 5.75 Å². The quantitative estimate of drug-likeness (QED) is 0.497. The summed E-state index contributed by atoms with van der Waals surface area (Å²) in [4.78, 5) is 17.2. The second-order valence-electron chi connectivity index (χ2n) is 8.64. The summed E-state index contributed by atoms with van der Waals surface area (Å²) in [6.07, 6.45) is -6.38. The Bertz CT molecular complexity index is 1060. The van der Waals surface area contributed by atoms with Crippen LogP contribution in [0, 0.1) is 18.7 Å². The van der Waals surface area contributed by atoms with Gasteiger partial charge in [-0.3, -0.25) is 9.78 Å². The van der Waals surface area contributed by atoms with E-state index < -0.39 is 54.2 Å². The number of ether oxygens (including phenoxy) is 2. The lowest BCUT2D eigenvalue weighted by atomic mass is 9.76. The Kier molecular flexibility index (Phi) is 7.73. The summed E-state index contributed by atoms with van der Waals surface area (Å²) in [6.45, 7) is 4.94. The van der Waals surface area contributed by atoms with Crippen molar-refractivity contribution in [2.45, 2.75) is 57.6 Å². The molecule has 3 rings (SSSR count). The molecule has 0 radical (unpaired) electrons. The molecule has 0 saturated carbocycles. The molecule has 35 heavy (non-hydrogen) atoms. The summed E-state index contributed by atoms with van der Waals surface area (Å²) in [5, 5.41) is 21.2. The number of nitrogens with zero attached hydrogens (tertiary/aromatic N) is 1. The molecule has 7 nitrogen and oxygen atoms in total. The van der Waals surface area contributed by atoms with Gasteiger partial charge >= 0.3 is 6.18 Å². The SMILES string of the molecule is CCOc1c([C@@H]2[C@@H](C(=O)Nc3ccc([C@@H](O)CO)nc3)O[C@](C)(C(F)(F)F)[C@@H]2C)ccc(F)c1C. The number of nitrogens with one attached hydrogen (secondary N) is 1. The van der Waals surface area contributed by atoms with Crippen LogP contribution in [0.1, 0.15) is 49.6 Å². The third-order valence-electron chi connectivity index (χ3n) is 6.51. The summed E-state index contributed by atoms with van der Waals surface area (Å²) in [5.41, 5.74) is -1.98. The van der Waals surface area contributed by atoms with E-state index in [4.69, 9.17) is 14.6 Å². The van der Waals surface area contributed by atoms with E-state index in [1.807, 2.05) is 0 Å². The minimum Gasteiger partial charge on any atom is -0.493 e. The molecule has 1 aliphatic rings. The average Bonchev–Trinajstić information content (AvgIpc) is 3.09. The molecule has 1 amide bonds. The van der Waals surface area contributed by atoms with E-state index >= 15 is 0 Å². The molecule has 3 N–H and O–H groups in total. The molecule has 0 aliphatic carbocycles. The topological polar surface area (TPSA) is 101 Å². The van der Waals surface area contributed by atoms with Crippen LogP contribution in [-0.2, 0) is 9.53 Å². The number of hydrogen-bond donors (Lipinski definition) is 3. The number of halogens is 4. The van der Waals surface area contributed by atoms with Gasteiger partial charge in [-0.25, -0.2) is 4.39 Å². The van der Waals surface area contributed by atoms with E-state index in [1.54, 1.807) is 6.92 Å². The Morgan fingerprint density at radius 2 is 2.00 bits per heavy atom. The highest BCUT2D eigenvalue weighted by Crippen LogP contribution is 2.55. The third kappa shape index (κ3) is 4.98. The molecular weight excluding hydrogens is 472 g/mol. The zero-order valence-electron chi connectivity index (χ0n) is 19.7. The minimum absolute atomic E-state index is 0.0844. The summed E-state index contributed by atoms with van der Waals surface area (Å²) < 4.78 is 67.6. The highest BCUT2D eigenvalue weighted by atomic mass is 19.4. The lowest BCUT2D eigenvalue weighted by Gasteiger charge is -2.32. The lowest BCUT2D eigenvalue weighted by Crippen LogP contribution is -2.47. The van der Waals surface area contributed by atoms with Crippen molar-refractivity contribution in [2.24, 2.45) is 5.92 Å². The van der Waals surface area contributed by atoms with Crippen molar-refractivity contribution in [2.75, 3.05) is 18.5 Å². The number of carbonyl (C=O) groups is 1. The summed E-state index contributed by atoms with van der Waals surface area (Å²) >= 11 is 0. The number of hydrogen-bond acceptors (Lipinski definition) is 6. The van der Waals surface area contributed by atoms with E-state index in [-0.39, 0.29) is 34.9 Å². The predicted molar refractivity (Wildman–Crippen MR) is 118 cm³/mol. The van der Waals surface area contributed by atoms with Gasteiger partial charge < -0.3 is 25.0 Å². The first kappa shape index (κ1) is 26.8. The maximum atomic E-state index is 14.3. The van der Waals surface area contributed by atoms with Crippen LogP contribution in [0.3, 0.4) is 0 Å². The van der Waals surface area contributed by atoms with Gasteiger partial charge in [-0.2, -0.15) is 13.2 Å². The van der Waals surface area contributed by atoms with Gasteiger partial charge in [-0.15, -0.1) is 0 Å². The van der Waals surface area contributed by atoms with Gasteiger partial charge in [0.2, 0.25) is 0 Å². The van der Waals surface area contributed by atoms with Crippen molar-refractivity contribution in [3.05, 3.63) is 53.1 Å². The molecule has 1 aromatic carbocycles. The summed E-state index contributed by atoms with van der Waals surface area (Å²) in [7, 11) is 0. The van der Waals surface area contributed by atoms with Gasteiger partial charge in [0.05, 0.1) is 30.8 Å². The fourth-order valence-electron chi connectivity index (χ4n) is 4.29. The van der Waals surface area contributed by atoms with E-state index in [1.165, 1.54) is 38.2 Å². The molecule has 2 heterocycles. The molecule has 192 valence electrons. The number of aromatic nitrogens is 1. The van der Waals surface area contributed by atoms with E-state index in [9.17, 15) is 27.5 Å². The first-order valence-corrected chi connectivity index (χ1v) is 11.1. The van der Waals surface area contributed by atoms with Gasteiger partial charge in [-0.1, -0.05) is 13.0 Å². The first-order valence-electron chi connectivity index (χ1n) is 11.1. The van der Waals surface area contributed by atoms with Crippen LogP contribution in [0.2, 0.25) is 0 Å². The first-order chi connectivity index (χ1) is 16.4. The molecular formula is C24H28F4N2O5. The monoisotopic (exact) mass is 500 g/mol. The minimum atomic E-state index is -4.79. The van der Waals surface area contributed by atoms with Crippen molar-refractivity contribution in [3.8, 4) is 5.75 Å². The van der Waals surface area contributed by atoms with Crippen LogP contribution in [-0.4, -0.2) is 52.2 Å². The maximum Gasteiger partial charge on any atom is 0.417 e. The van der Waals surface area contributed by atoms with E-state index in [2.05, 4.69) is 10.3 Å². The van der Waals surface area contributed by atoms with Gasteiger partial charge in [0.25, 0.3) is 5.91 Å². The number of anilines is 1. The molecule has 2 aromatic rings. The van der Waals surface area contributed by atoms with Crippen LogP contribution < -0.4 is 10.1 Å². The highest BCUT2D eigenvalue weighted by Gasteiger charge is 2.65. The fraction of sp³-hybridized carbons (Fsp3) is 0.500. The average molecular weight is 500 g/mol. The van der Waals surface area contributed by atoms with Gasteiger partial charge in [-0.05, 0) is 39.0 Å². The Morgan fingerprint density at radius 1 is 1.31 bits per heavy atom. The number of rotatable bonds is 7. The zero-order valence-corrected chi connectivity index (χ0v) is 19.7. The Morgan fingerprint density at radius 3 is 2.54 bits per heavy atom. The predicted octanol–water partition coefficient (Wildman–Crippen LogP) is 4.03. The van der Waals surface area contributed by atoms with Gasteiger partial charge in [0.15, 0.2) is 5.60 Å².